The predicted molar refractivity (Wildman–Crippen MR) is 257 cm³/mol. The molecule has 0 bridgehead atoms. The van der Waals surface area contributed by atoms with Gasteiger partial charge in [0.15, 0.2) is 0 Å². The molecule has 0 unspecified atom stereocenters. The van der Waals surface area contributed by atoms with Crippen molar-refractivity contribution in [2.45, 2.75) is 33.4 Å². The molecule has 0 saturated carbocycles. The zero-order valence-electron chi connectivity index (χ0n) is 33.2. The summed E-state index contributed by atoms with van der Waals surface area (Å²) in [4.78, 5) is 9.94. The molecule has 0 atom stereocenters. The molecular formula is C56H38N2S2. The van der Waals surface area contributed by atoms with Gasteiger partial charge < -0.3 is 9.80 Å². The van der Waals surface area contributed by atoms with Gasteiger partial charge in [-0.05, 0) is 147 Å². The van der Waals surface area contributed by atoms with Crippen molar-refractivity contribution in [2.24, 2.45) is 0 Å². The fourth-order valence-corrected chi connectivity index (χ4v) is 11.6. The van der Waals surface area contributed by atoms with Gasteiger partial charge in [0.25, 0.3) is 0 Å². The second-order valence-electron chi connectivity index (χ2n) is 15.9. The van der Waals surface area contributed by atoms with Gasteiger partial charge in [-0.15, -0.1) is 0 Å². The van der Waals surface area contributed by atoms with Crippen molar-refractivity contribution >= 4 is 90.0 Å². The predicted octanol–water partition coefficient (Wildman–Crippen LogP) is 17.0. The van der Waals surface area contributed by atoms with Crippen molar-refractivity contribution in [3.05, 3.63) is 205 Å². The Morgan fingerprint density at radius 3 is 1.22 bits per heavy atom. The van der Waals surface area contributed by atoms with Crippen LogP contribution in [0.4, 0.5) is 34.1 Å². The summed E-state index contributed by atoms with van der Waals surface area (Å²) >= 11 is 3.70. The molecular weight excluding hydrogens is 765 g/mol. The normalized spacial score (nSPS) is 13.0. The first-order valence-electron chi connectivity index (χ1n) is 20.5. The number of aryl methyl sites for hydroxylation is 2. The van der Waals surface area contributed by atoms with Crippen LogP contribution in [0.1, 0.15) is 11.1 Å². The summed E-state index contributed by atoms with van der Waals surface area (Å²) in [6, 6.07) is 72.3. The maximum absolute atomic E-state index is 2.46. The molecule has 2 nitrogen and oxygen atoms in total. The van der Waals surface area contributed by atoms with Crippen LogP contribution >= 0.6 is 23.5 Å². The number of anilines is 6. The number of benzene rings is 10. The van der Waals surface area contributed by atoms with Gasteiger partial charge in [-0.25, -0.2) is 0 Å². The minimum absolute atomic E-state index is 1.14. The van der Waals surface area contributed by atoms with Crippen LogP contribution in [0, 0.1) is 13.8 Å². The lowest BCUT2D eigenvalue weighted by Crippen LogP contribution is -2.15. The molecule has 0 amide bonds. The van der Waals surface area contributed by atoms with Crippen LogP contribution in [-0.2, 0) is 0 Å². The fourth-order valence-electron chi connectivity index (χ4n) is 9.53. The first-order valence-corrected chi connectivity index (χ1v) is 22.1. The van der Waals surface area contributed by atoms with Gasteiger partial charge in [0.05, 0.1) is 22.7 Å². The summed E-state index contributed by atoms with van der Waals surface area (Å²) < 4.78 is 0. The molecule has 4 heteroatoms. The molecule has 10 aromatic carbocycles. The summed E-state index contributed by atoms with van der Waals surface area (Å²) in [5, 5.41) is 7.41. The molecule has 0 fully saturated rings. The molecule has 2 aliphatic heterocycles. The summed E-state index contributed by atoms with van der Waals surface area (Å²) in [6.45, 7) is 4.44. The van der Waals surface area contributed by atoms with Crippen molar-refractivity contribution in [3.63, 3.8) is 0 Å². The zero-order valence-corrected chi connectivity index (χ0v) is 34.8. The Morgan fingerprint density at radius 1 is 0.317 bits per heavy atom. The van der Waals surface area contributed by atoms with E-state index < -0.39 is 0 Å². The third kappa shape index (κ3) is 5.66. The van der Waals surface area contributed by atoms with Crippen LogP contribution in [0.15, 0.2) is 214 Å². The Balaban J connectivity index is 1.20. The van der Waals surface area contributed by atoms with E-state index in [1.165, 1.54) is 108 Å². The average Bonchev–Trinajstić information content (AvgIpc) is 3.28. The minimum atomic E-state index is 1.14. The van der Waals surface area contributed by atoms with Crippen molar-refractivity contribution < 1.29 is 0 Å². The summed E-state index contributed by atoms with van der Waals surface area (Å²) in [5.74, 6) is 0. The van der Waals surface area contributed by atoms with E-state index in [0.717, 1.165) is 11.4 Å². The van der Waals surface area contributed by atoms with Gasteiger partial charge in [-0.3, -0.25) is 0 Å². The van der Waals surface area contributed by atoms with Crippen LogP contribution in [0.25, 0.3) is 54.6 Å². The number of nitrogens with zero attached hydrogens (tertiary/aromatic N) is 2. The Bertz CT molecular complexity index is 3270. The van der Waals surface area contributed by atoms with E-state index >= 15 is 0 Å². The lowest BCUT2D eigenvalue weighted by atomic mass is 9.84. The highest BCUT2D eigenvalue weighted by Gasteiger charge is 2.28. The van der Waals surface area contributed by atoms with E-state index in [1.807, 2.05) is 23.5 Å². The van der Waals surface area contributed by atoms with Crippen LogP contribution in [0.5, 0.6) is 0 Å². The van der Waals surface area contributed by atoms with E-state index in [4.69, 9.17) is 0 Å². The molecule has 0 spiro atoms. The Labute approximate surface area is 358 Å². The monoisotopic (exact) mass is 802 g/mol. The van der Waals surface area contributed by atoms with Crippen LogP contribution < -0.4 is 9.80 Å². The van der Waals surface area contributed by atoms with Crippen LogP contribution in [0.3, 0.4) is 0 Å². The summed E-state index contributed by atoms with van der Waals surface area (Å²) in [5.41, 5.74) is 14.6. The van der Waals surface area contributed by atoms with Crippen molar-refractivity contribution in [1.29, 1.82) is 0 Å². The average molecular weight is 803 g/mol. The second-order valence-corrected chi connectivity index (χ2v) is 18.1. The molecule has 0 aromatic heterocycles. The maximum atomic E-state index is 2.46. The molecule has 2 aliphatic rings. The van der Waals surface area contributed by atoms with E-state index in [1.54, 1.807) is 0 Å². The van der Waals surface area contributed by atoms with Crippen molar-refractivity contribution in [1.82, 2.24) is 0 Å². The molecule has 0 radical (unpaired) electrons. The molecule has 10 aromatic rings. The van der Waals surface area contributed by atoms with E-state index in [2.05, 4.69) is 218 Å². The lowest BCUT2D eigenvalue weighted by Gasteiger charge is -2.34. The van der Waals surface area contributed by atoms with E-state index in [9.17, 15) is 0 Å². The standard InChI is InChI=1S/C56H38N2S2/c1-35-29-36(2)31-40(30-35)56-44-28-26-41(57-47-15-5-9-19-51(47)59-52-20-10-6-16-48(52)57)33-45(44)55(39-24-23-37-13-3-4-14-38(37)32-39)43-27-25-42(34-46(43)56)58-49-17-7-11-21-53(49)60-54-22-12-8-18-50(54)58/h3-34H,1-2H3. The van der Waals surface area contributed by atoms with E-state index in [0.29, 0.717) is 0 Å². The lowest BCUT2D eigenvalue weighted by molar-refractivity contribution is 1.17. The SMILES string of the molecule is Cc1cc(C)cc(-c2c3ccc(N4c5ccccc5Sc5ccccc54)cc3c(-c3ccc4ccccc4c3)c3ccc(N4c5ccccc5Sc5ccccc54)cc23)c1. The second kappa shape index (κ2) is 13.9. The van der Waals surface area contributed by atoms with Crippen molar-refractivity contribution in [2.75, 3.05) is 9.80 Å². The first kappa shape index (κ1) is 35.2. The maximum Gasteiger partial charge on any atom is 0.0601 e. The van der Waals surface area contributed by atoms with E-state index in [-0.39, 0.29) is 0 Å². The van der Waals surface area contributed by atoms with Crippen molar-refractivity contribution in [3.8, 4) is 22.3 Å². The topological polar surface area (TPSA) is 6.48 Å². The molecule has 2 heterocycles. The number of hydrogen-bond donors (Lipinski definition) is 0. The van der Waals surface area contributed by atoms with Gasteiger partial charge in [-0.2, -0.15) is 0 Å². The summed E-state index contributed by atoms with van der Waals surface area (Å²) in [7, 11) is 0. The van der Waals surface area contributed by atoms with Gasteiger partial charge >= 0.3 is 0 Å². The highest BCUT2D eigenvalue weighted by Crippen LogP contribution is 2.55. The fraction of sp³-hybridized carbons (Fsp3) is 0.0357. The molecule has 0 N–H and O–H groups in total. The number of hydrogen-bond acceptors (Lipinski definition) is 4. The third-order valence-corrected chi connectivity index (χ3v) is 14.3. The Kier molecular flexibility index (Phi) is 8.19. The summed E-state index contributed by atoms with van der Waals surface area (Å²) in [6.07, 6.45) is 0. The molecule has 284 valence electrons. The van der Waals surface area contributed by atoms with Gasteiger partial charge in [0.2, 0.25) is 0 Å². The third-order valence-electron chi connectivity index (χ3n) is 12.0. The van der Waals surface area contributed by atoms with Crippen LogP contribution in [-0.4, -0.2) is 0 Å². The largest absolute Gasteiger partial charge is 0.308 e. The number of rotatable bonds is 4. The minimum Gasteiger partial charge on any atom is -0.308 e. The van der Waals surface area contributed by atoms with Gasteiger partial charge in [-0.1, -0.05) is 150 Å². The Morgan fingerprint density at radius 2 is 0.733 bits per heavy atom. The van der Waals surface area contributed by atoms with Gasteiger partial charge in [0, 0.05) is 31.0 Å². The number of para-hydroxylation sites is 4. The molecule has 0 aliphatic carbocycles. The van der Waals surface area contributed by atoms with Gasteiger partial charge in [0.1, 0.15) is 0 Å². The zero-order chi connectivity index (χ0) is 39.9. The quantitative estimate of drug-likeness (QED) is 0.163. The number of fused-ring (bicyclic) bond motifs is 7. The highest BCUT2D eigenvalue weighted by molar-refractivity contribution is 8.00. The smallest absolute Gasteiger partial charge is 0.0601 e. The molecule has 0 saturated heterocycles. The Hall–Kier alpha value is -6.72. The molecule has 12 rings (SSSR count). The first-order chi connectivity index (χ1) is 29.6. The molecule has 60 heavy (non-hydrogen) atoms. The highest BCUT2D eigenvalue weighted by atomic mass is 32.2. The van der Waals surface area contributed by atoms with Crippen LogP contribution in [0.2, 0.25) is 0 Å².